The Morgan fingerprint density at radius 3 is 2.65 bits per heavy atom. The first-order valence-electron chi connectivity index (χ1n) is 7.90. The minimum atomic E-state index is -0.408. The molecule has 0 saturated heterocycles. The average Bonchev–Trinajstić information content (AvgIpc) is 3.07. The monoisotopic (exact) mass is 412 g/mol. The quantitative estimate of drug-likeness (QED) is 0.429. The van der Waals surface area contributed by atoms with Gasteiger partial charge in [0, 0.05) is 15.9 Å². The number of nitrogens with zero attached hydrogens (tertiary/aromatic N) is 2. The maximum absolute atomic E-state index is 13.9. The lowest BCUT2D eigenvalue weighted by molar-refractivity contribution is 0.412. The standard InChI is InChI=1S/C20H14BrFN2O2/c1-25-20-9-7-14(21)10-18(20)24-17-11-15(8-6-13(17)12-23-24)26-19-5-3-2-4-16(19)22/h2-12H,1H3. The van der Waals surface area contributed by atoms with Crippen molar-refractivity contribution in [3.05, 3.63) is 77.2 Å². The van der Waals surface area contributed by atoms with Gasteiger partial charge in [0.1, 0.15) is 17.2 Å². The summed E-state index contributed by atoms with van der Waals surface area (Å²) >= 11 is 3.48. The molecule has 1 aromatic heterocycles. The molecule has 26 heavy (non-hydrogen) atoms. The van der Waals surface area contributed by atoms with Gasteiger partial charge in [0.2, 0.25) is 0 Å². The van der Waals surface area contributed by atoms with Gasteiger partial charge >= 0.3 is 0 Å². The molecule has 0 aliphatic carbocycles. The second-order valence-electron chi connectivity index (χ2n) is 5.63. The highest BCUT2D eigenvalue weighted by molar-refractivity contribution is 9.10. The van der Waals surface area contributed by atoms with E-state index in [1.54, 1.807) is 42.3 Å². The Bertz CT molecular complexity index is 1090. The maximum Gasteiger partial charge on any atom is 0.165 e. The maximum atomic E-state index is 13.9. The van der Waals surface area contributed by atoms with Crippen LogP contribution in [0.1, 0.15) is 0 Å². The van der Waals surface area contributed by atoms with Crippen molar-refractivity contribution in [3.63, 3.8) is 0 Å². The van der Waals surface area contributed by atoms with Crippen molar-refractivity contribution >= 4 is 26.8 Å². The number of methoxy groups -OCH3 is 1. The lowest BCUT2D eigenvalue weighted by Crippen LogP contribution is -2.00. The van der Waals surface area contributed by atoms with Crippen LogP contribution in [0.25, 0.3) is 16.6 Å². The van der Waals surface area contributed by atoms with Crippen LogP contribution in [0.4, 0.5) is 4.39 Å². The summed E-state index contributed by atoms with van der Waals surface area (Å²) in [5.74, 6) is 0.990. The van der Waals surface area contributed by atoms with Gasteiger partial charge in [0.05, 0.1) is 18.8 Å². The lowest BCUT2D eigenvalue weighted by atomic mass is 10.2. The molecule has 1 heterocycles. The second kappa shape index (κ2) is 6.80. The lowest BCUT2D eigenvalue weighted by Gasteiger charge is -2.11. The van der Waals surface area contributed by atoms with Gasteiger partial charge in [-0.25, -0.2) is 9.07 Å². The Balaban J connectivity index is 1.81. The van der Waals surface area contributed by atoms with Gasteiger partial charge in [-0.3, -0.25) is 0 Å². The van der Waals surface area contributed by atoms with E-state index in [9.17, 15) is 4.39 Å². The van der Waals surface area contributed by atoms with E-state index in [1.165, 1.54) is 6.07 Å². The summed E-state index contributed by atoms with van der Waals surface area (Å²) in [5.41, 5.74) is 1.62. The number of ether oxygens (including phenoxy) is 2. The number of aromatic nitrogens is 2. The van der Waals surface area contributed by atoms with Crippen molar-refractivity contribution < 1.29 is 13.9 Å². The molecular weight excluding hydrogens is 399 g/mol. The van der Waals surface area contributed by atoms with Gasteiger partial charge in [0.15, 0.2) is 11.6 Å². The zero-order valence-corrected chi connectivity index (χ0v) is 15.4. The Morgan fingerprint density at radius 2 is 1.85 bits per heavy atom. The van der Waals surface area contributed by atoms with E-state index in [4.69, 9.17) is 9.47 Å². The average molecular weight is 413 g/mol. The summed E-state index contributed by atoms with van der Waals surface area (Å²) in [7, 11) is 1.62. The third-order valence-corrected chi connectivity index (χ3v) is 4.47. The molecule has 0 unspecified atom stereocenters. The molecule has 4 nitrogen and oxygen atoms in total. The number of halogens is 2. The predicted octanol–water partition coefficient (Wildman–Crippen LogP) is 5.73. The number of hydrogen-bond acceptors (Lipinski definition) is 3. The molecule has 6 heteroatoms. The van der Waals surface area contributed by atoms with Crippen LogP contribution in [-0.2, 0) is 0 Å². The van der Waals surface area contributed by atoms with E-state index in [0.717, 1.165) is 21.1 Å². The van der Waals surface area contributed by atoms with Crippen LogP contribution < -0.4 is 9.47 Å². The van der Waals surface area contributed by atoms with E-state index in [-0.39, 0.29) is 5.75 Å². The van der Waals surface area contributed by atoms with Gasteiger partial charge in [0.25, 0.3) is 0 Å². The third-order valence-electron chi connectivity index (χ3n) is 3.98. The number of para-hydroxylation sites is 1. The molecular formula is C20H14BrFN2O2. The Hall–Kier alpha value is -2.86. The fraction of sp³-hybridized carbons (Fsp3) is 0.0500. The predicted molar refractivity (Wildman–Crippen MR) is 102 cm³/mol. The molecule has 0 atom stereocenters. The molecule has 0 amide bonds. The topological polar surface area (TPSA) is 36.3 Å². The summed E-state index contributed by atoms with van der Waals surface area (Å²) in [6, 6.07) is 17.5. The van der Waals surface area contributed by atoms with Crippen LogP contribution in [-0.4, -0.2) is 16.9 Å². The van der Waals surface area contributed by atoms with Crippen molar-refractivity contribution in [2.75, 3.05) is 7.11 Å². The number of rotatable bonds is 4. The molecule has 0 saturated carbocycles. The summed E-state index contributed by atoms with van der Waals surface area (Å²) in [4.78, 5) is 0. The molecule has 0 spiro atoms. The minimum absolute atomic E-state index is 0.179. The zero-order valence-electron chi connectivity index (χ0n) is 13.8. The normalized spacial score (nSPS) is 10.9. The van der Waals surface area contributed by atoms with Crippen LogP contribution in [0.15, 0.2) is 71.3 Å². The smallest absolute Gasteiger partial charge is 0.165 e. The third kappa shape index (κ3) is 3.04. The van der Waals surface area contributed by atoms with Crippen molar-refractivity contribution in [2.45, 2.75) is 0 Å². The summed E-state index contributed by atoms with van der Waals surface area (Å²) in [5, 5.41) is 5.41. The number of benzene rings is 3. The number of fused-ring (bicyclic) bond motifs is 1. The molecule has 3 aromatic carbocycles. The van der Waals surface area contributed by atoms with E-state index in [0.29, 0.717) is 11.5 Å². The first-order valence-corrected chi connectivity index (χ1v) is 8.69. The van der Waals surface area contributed by atoms with Crippen molar-refractivity contribution in [1.82, 2.24) is 9.78 Å². The van der Waals surface area contributed by atoms with Crippen molar-refractivity contribution in [1.29, 1.82) is 0 Å². The fourth-order valence-electron chi connectivity index (χ4n) is 2.74. The first-order chi connectivity index (χ1) is 12.7. The molecule has 0 aliphatic rings. The van der Waals surface area contributed by atoms with Crippen LogP contribution >= 0.6 is 15.9 Å². The van der Waals surface area contributed by atoms with Gasteiger partial charge in [-0.05, 0) is 42.5 Å². The van der Waals surface area contributed by atoms with Gasteiger partial charge in [-0.2, -0.15) is 5.10 Å². The molecule has 0 fully saturated rings. The highest BCUT2D eigenvalue weighted by atomic mass is 79.9. The Morgan fingerprint density at radius 1 is 1.00 bits per heavy atom. The minimum Gasteiger partial charge on any atom is -0.494 e. The summed E-state index contributed by atoms with van der Waals surface area (Å²) in [6.07, 6.45) is 1.77. The van der Waals surface area contributed by atoms with Gasteiger partial charge < -0.3 is 9.47 Å². The number of hydrogen-bond donors (Lipinski definition) is 0. The van der Waals surface area contributed by atoms with Crippen molar-refractivity contribution in [3.8, 4) is 22.9 Å². The van der Waals surface area contributed by atoms with Gasteiger partial charge in [-0.1, -0.05) is 28.1 Å². The van der Waals surface area contributed by atoms with E-state index in [2.05, 4.69) is 21.0 Å². The fourth-order valence-corrected chi connectivity index (χ4v) is 3.09. The molecule has 0 N–H and O–H groups in total. The van der Waals surface area contributed by atoms with E-state index in [1.807, 2.05) is 30.3 Å². The van der Waals surface area contributed by atoms with Crippen LogP contribution in [0, 0.1) is 5.82 Å². The summed E-state index contributed by atoms with van der Waals surface area (Å²) in [6.45, 7) is 0. The van der Waals surface area contributed by atoms with Crippen LogP contribution in [0.2, 0.25) is 0 Å². The highest BCUT2D eigenvalue weighted by Crippen LogP contribution is 2.32. The molecule has 4 aromatic rings. The SMILES string of the molecule is COc1ccc(Br)cc1-n1ncc2ccc(Oc3ccccc3F)cc21. The van der Waals surface area contributed by atoms with Gasteiger partial charge in [-0.15, -0.1) is 0 Å². The Labute approximate surface area is 157 Å². The largest absolute Gasteiger partial charge is 0.494 e. The molecule has 0 radical (unpaired) electrons. The molecule has 0 bridgehead atoms. The summed E-state index contributed by atoms with van der Waals surface area (Å²) < 4.78 is 27.7. The van der Waals surface area contributed by atoms with E-state index < -0.39 is 5.82 Å². The first kappa shape index (κ1) is 16.6. The molecule has 0 aliphatic heterocycles. The Kier molecular flexibility index (Phi) is 4.34. The van der Waals surface area contributed by atoms with Crippen molar-refractivity contribution in [2.24, 2.45) is 0 Å². The van der Waals surface area contributed by atoms with Crippen LogP contribution in [0.5, 0.6) is 17.2 Å². The zero-order chi connectivity index (χ0) is 18.1. The second-order valence-corrected chi connectivity index (χ2v) is 6.54. The highest BCUT2D eigenvalue weighted by Gasteiger charge is 2.12. The molecule has 130 valence electrons. The van der Waals surface area contributed by atoms with Crippen LogP contribution in [0.3, 0.4) is 0 Å². The van der Waals surface area contributed by atoms with E-state index >= 15 is 0 Å². The molecule has 4 rings (SSSR count).